The van der Waals surface area contributed by atoms with Gasteiger partial charge in [0.15, 0.2) is 11.5 Å². The molecule has 1 N–H and O–H groups in total. The first kappa shape index (κ1) is 18.9. The van der Waals surface area contributed by atoms with E-state index in [1.165, 1.54) is 18.4 Å². The van der Waals surface area contributed by atoms with E-state index in [0.29, 0.717) is 10.2 Å². The highest BCUT2D eigenvalue weighted by molar-refractivity contribution is 9.10. The van der Waals surface area contributed by atoms with E-state index in [1.54, 1.807) is 30.1 Å². The van der Waals surface area contributed by atoms with Crippen LogP contribution in [-0.4, -0.2) is 30.2 Å². The Bertz CT molecular complexity index is 1040. The lowest BCUT2D eigenvalue weighted by molar-refractivity contribution is 0.372. The molecule has 3 rings (SSSR count). The van der Waals surface area contributed by atoms with Gasteiger partial charge in [0, 0.05) is 22.5 Å². The molecule has 134 valence electrons. The summed E-state index contributed by atoms with van der Waals surface area (Å²) >= 11 is 8.35. The molecular weight excluding hydrogens is 482 g/mol. The minimum Gasteiger partial charge on any atom is -0.503 e. The summed E-state index contributed by atoms with van der Waals surface area (Å²) in [7, 11) is 3.25. The molecule has 0 amide bonds. The largest absolute Gasteiger partial charge is 0.503 e. The lowest BCUT2D eigenvalue weighted by Gasteiger charge is -2.07. The van der Waals surface area contributed by atoms with Crippen molar-refractivity contribution in [3.63, 3.8) is 0 Å². The quantitative estimate of drug-likeness (QED) is 0.524. The molecule has 1 heterocycles. The first-order valence-electron chi connectivity index (χ1n) is 7.53. The second kappa shape index (κ2) is 8.20. The van der Waals surface area contributed by atoms with Crippen LogP contribution in [0.5, 0.6) is 11.5 Å². The lowest BCUT2D eigenvalue weighted by atomic mass is 10.2. The van der Waals surface area contributed by atoms with Gasteiger partial charge < -0.3 is 9.84 Å². The maximum atomic E-state index is 9.94. The third-order valence-corrected chi connectivity index (χ3v) is 5.60. The number of methoxy groups -OCH3 is 1. The maximum absolute atomic E-state index is 9.94. The number of aromatic nitrogens is 1. The van der Waals surface area contributed by atoms with Crippen LogP contribution in [-0.2, 0) is 0 Å². The third kappa shape index (κ3) is 3.92. The fraction of sp³-hybridized carbons (Fsp3) is 0.111. The molecule has 8 heteroatoms. The van der Waals surface area contributed by atoms with Crippen molar-refractivity contribution >= 4 is 49.4 Å². The molecule has 0 atom stereocenters. The number of ether oxygens (including phenoxy) is 1. The monoisotopic (exact) mass is 495 g/mol. The SMILES string of the molecule is CN=c1scc(-c2cccc(Br)c2)n1N=Cc1cc(Br)c(O)c(OC)c1. The van der Waals surface area contributed by atoms with Crippen molar-refractivity contribution in [3.05, 3.63) is 61.1 Å². The highest BCUT2D eigenvalue weighted by atomic mass is 79.9. The van der Waals surface area contributed by atoms with Gasteiger partial charge in [0.1, 0.15) is 0 Å². The average Bonchev–Trinajstić information content (AvgIpc) is 3.05. The molecule has 26 heavy (non-hydrogen) atoms. The van der Waals surface area contributed by atoms with Gasteiger partial charge in [0.2, 0.25) is 4.80 Å². The Morgan fingerprint density at radius 1 is 1.23 bits per heavy atom. The molecule has 0 aliphatic heterocycles. The first-order chi connectivity index (χ1) is 12.5. The second-order valence-corrected chi connectivity index (χ2v) is 7.85. The standard InChI is InChI=1S/C18H15Br2N3O2S/c1-21-18-23(15(10-26-18)12-4-3-5-13(19)8-12)22-9-11-6-14(20)17(24)16(7-11)25-2/h3-10,24H,1-2H3. The summed E-state index contributed by atoms with van der Waals surface area (Å²) in [6.45, 7) is 0. The number of phenols is 1. The lowest BCUT2D eigenvalue weighted by Crippen LogP contribution is -2.11. The molecule has 0 spiro atoms. The number of hydrogen-bond donors (Lipinski definition) is 1. The highest BCUT2D eigenvalue weighted by Gasteiger charge is 2.09. The van der Waals surface area contributed by atoms with Crippen molar-refractivity contribution in [3.8, 4) is 22.8 Å². The Morgan fingerprint density at radius 3 is 2.73 bits per heavy atom. The Morgan fingerprint density at radius 2 is 2.04 bits per heavy atom. The summed E-state index contributed by atoms with van der Waals surface area (Å²) in [5.41, 5.74) is 2.76. The van der Waals surface area contributed by atoms with Gasteiger partial charge in [-0.05, 0) is 45.8 Å². The molecule has 0 fully saturated rings. The van der Waals surface area contributed by atoms with Gasteiger partial charge in [-0.1, -0.05) is 28.1 Å². The number of rotatable bonds is 4. The summed E-state index contributed by atoms with van der Waals surface area (Å²) < 4.78 is 8.52. The van der Waals surface area contributed by atoms with Gasteiger partial charge in [-0.25, -0.2) is 4.68 Å². The number of thiazole rings is 1. The predicted molar refractivity (Wildman–Crippen MR) is 112 cm³/mol. The van der Waals surface area contributed by atoms with E-state index in [1.807, 2.05) is 29.6 Å². The number of aromatic hydroxyl groups is 1. The van der Waals surface area contributed by atoms with Crippen LogP contribution in [0.2, 0.25) is 0 Å². The molecule has 0 unspecified atom stereocenters. The van der Waals surface area contributed by atoms with E-state index >= 15 is 0 Å². The van der Waals surface area contributed by atoms with Crippen LogP contribution < -0.4 is 9.54 Å². The van der Waals surface area contributed by atoms with E-state index < -0.39 is 0 Å². The highest BCUT2D eigenvalue weighted by Crippen LogP contribution is 2.34. The van der Waals surface area contributed by atoms with Crippen LogP contribution in [0.4, 0.5) is 0 Å². The molecule has 0 saturated heterocycles. The molecule has 0 radical (unpaired) electrons. The minimum absolute atomic E-state index is 0.0620. The Labute approximate surface area is 171 Å². The number of hydrogen-bond acceptors (Lipinski definition) is 5. The Hall–Kier alpha value is -1.90. The zero-order valence-corrected chi connectivity index (χ0v) is 18.0. The Kier molecular flexibility index (Phi) is 5.95. The molecule has 3 aromatic rings. The average molecular weight is 497 g/mol. The molecule has 2 aromatic carbocycles. The van der Waals surface area contributed by atoms with Gasteiger partial charge in [-0.3, -0.25) is 4.99 Å². The summed E-state index contributed by atoms with van der Waals surface area (Å²) in [6, 6.07) is 11.5. The first-order valence-corrected chi connectivity index (χ1v) is 10.00. The summed E-state index contributed by atoms with van der Waals surface area (Å²) in [4.78, 5) is 5.08. The fourth-order valence-electron chi connectivity index (χ4n) is 2.36. The van der Waals surface area contributed by atoms with Crippen LogP contribution >= 0.6 is 43.2 Å². The van der Waals surface area contributed by atoms with Crippen molar-refractivity contribution in [1.29, 1.82) is 0 Å². The summed E-state index contributed by atoms with van der Waals surface area (Å²) in [6.07, 6.45) is 1.70. The van der Waals surface area contributed by atoms with Crippen molar-refractivity contribution in [2.75, 3.05) is 14.2 Å². The fourth-order valence-corrected chi connectivity index (χ4v) is 4.02. The molecule has 0 bridgehead atoms. The van der Waals surface area contributed by atoms with Crippen LogP contribution in [0.15, 0.2) is 60.8 Å². The Balaban J connectivity index is 2.07. The van der Waals surface area contributed by atoms with Crippen molar-refractivity contribution in [2.45, 2.75) is 0 Å². The third-order valence-electron chi connectivity index (χ3n) is 3.59. The number of phenolic OH excluding ortho intramolecular Hbond substituents is 1. The van der Waals surface area contributed by atoms with Gasteiger partial charge in [0.05, 0.1) is 23.5 Å². The van der Waals surface area contributed by atoms with Gasteiger partial charge in [-0.2, -0.15) is 5.10 Å². The molecular formula is C18H15Br2N3O2S. The zero-order chi connectivity index (χ0) is 18.7. The molecule has 0 aliphatic rings. The van der Waals surface area contributed by atoms with Crippen molar-refractivity contribution in [2.24, 2.45) is 10.1 Å². The van der Waals surface area contributed by atoms with E-state index in [-0.39, 0.29) is 5.75 Å². The van der Waals surface area contributed by atoms with Gasteiger partial charge in [0.25, 0.3) is 0 Å². The van der Waals surface area contributed by atoms with E-state index in [0.717, 1.165) is 26.1 Å². The molecule has 1 aromatic heterocycles. The van der Waals surface area contributed by atoms with Crippen LogP contribution in [0, 0.1) is 0 Å². The van der Waals surface area contributed by atoms with Gasteiger partial charge >= 0.3 is 0 Å². The minimum atomic E-state index is 0.0620. The van der Waals surface area contributed by atoms with E-state index in [4.69, 9.17) is 4.74 Å². The molecule has 0 saturated carbocycles. The van der Waals surface area contributed by atoms with Crippen LogP contribution in [0.25, 0.3) is 11.3 Å². The van der Waals surface area contributed by atoms with E-state index in [9.17, 15) is 5.11 Å². The summed E-state index contributed by atoms with van der Waals surface area (Å²) in [5, 5.41) is 16.6. The maximum Gasteiger partial charge on any atom is 0.205 e. The molecule has 5 nitrogen and oxygen atoms in total. The number of benzene rings is 2. The zero-order valence-electron chi connectivity index (χ0n) is 14.0. The topological polar surface area (TPSA) is 59.1 Å². The summed E-state index contributed by atoms with van der Waals surface area (Å²) in [5.74, 6) is 0.440. The van der Waals surface area contributed by atoms with Crippen LogP contribution in [0.1, 0.15) is 5.56 Å². The predicted octanol–water partition coefficient (Wildman–Crippen LogP) is 4.87. The smallest absolute Gasteiger partial charge is 0.205 e. The van der Waals surface area contributed by atoms with E-state index in [2.05, 4.69) is 42.0 Å². The number of halogens is 2. The number of nitrogens with zero attached hydrogens (tertiary/aromatic N) is 3. The van der Waals surface area contributed by atoms with Crippen molar-refractivity contribution < 1.29 is 9.84 Å². The molecule has 0 aliphatic carbocycles. The van der Waals surface area contributed by atoms with Gasteiger partial charge in [-0.15, -0.1) is 11.3 Å². The van der Waals surface area contributed by atoms with Crippen molar-refractivity contribution in [1.82, 2.24) is 4.68 Å². The van der Waals surface area contributed by atoms with Crippen LogP contribution in [0.3, 0.4) is 0 Å². The second-order valence-electron chi connectivity index (χ2n) is 5.25. The normalized spacial score (nSPS) is 12.1.